The predicted molar refractivity (Wildman–Crippen MR) is 69.9 cm³/mol. The van der Waals surface area contributed by atoms with Gasteiger partial charge in [-0.25, -0.2) is 0 Å². The molecule has 0 saturated heterocycles. The van der Waals surface area contributed by atoms with Gasteiger partial charge in [-0.3, -0.25) is 5.10 Å². The quantitative estimate of drug-likeness (QED) is 0.837. The van der Waals surface area contributed by atoms with Crippen LogP contribution in [0.15, 0.2) is 6.07 Å². The van der Waals surface area contributed by atoms with Crippen molar-refractivity contribution in [3.05, 3.63) is 22.1 Å². The van der Waals surface area contributed by atoms with Crippen LogP contribution in [0, 0.1) is 13.8 Å². The average Bonchev–Trinajstić information content (AvgIpc) is 2.71. The highest BCUT2D eigenvalue weighted by Crippen LogP contribution is 2.36. The van der Waals surface area contributed by atoms with E-state index in [1.54, 1.807) is 11.3 Å². The summed E-state index contributed by atoms with van der Waals surface area (Å²) in [5.74, 6) is 1.00. The Morgan fingerprint density at radius 1 is 1.38 bits per heavy atom. The monoisotopic (exact) mass is 235 g/mol. The summed E-state index contributed by atoms with van der Waals surface area (Å²) < 4.78 is 0. The van der Waals surface area contributed by atoms with E-state index in [1.807, 2.05) is 0 Å². The Bertz CT molecular complexity index is 489. The minimum Gasteiger partial charge on any atom is -0.382 e. The third kappa shape index (κ3) is 1.73. The summed E-state index contributed by atoms with van der Waals surface area (Å²) in [6.07, 6.45) is 0. The van der Waals surface area contributed by atoms with Gasteiger partial charge in [0, 0.05) is 10.4 Å². The number of nitrogen functional groups attached to an aromatic ring is 1. The average molecular weight is 235 g/mol. The summed E-state index contributed by atoms with van der Waals surface area (Å²) in [6, 6.07) is 2.19. The number of thiophene rings is 1. The second-order valence-electron chi connectivity index (χ2n) is 4.40. The minimum atomic E-state index is 0.386. The van der Waals surface area contributed by atoms with Gasteiger partial charge in [0.05, 0.1) is 10.6 Å². The number of nitrogens with one attached hydrogen (secondary N) is 1. The molecule has 3 N–H and O–H groups in total. The molecule has 0 bridgehead atoms. The Hall–Kier alpha value is -1.29. The van der Waals surface area contributed by atoms with Crippen LogP contribution in [0.5, 0.6) is 0 Å². The van der Waals surface area contributed by atoms with E-state index < -0.39 is 0 Å². The molecular formula is C12H17N3S. The standard InChI is InChI=1S/C12H17N3S/c1-6(2)10-11(14-15-12(10)13)9-5-7(3)8(4)16-9/h5-6H,1-4H3,(H3,13,14,15). The second kappa shape index (κ2) is 3.94. The Morgan fingerprint density at radius 3 is 2.56 bits per heavy atom. The number of H-pyrrole nitrogens is 1. The number of anilines is 1. The van der Waals surface area contributed by atoms with Crippen LogP contribution in [-0.2, 0) is 0 Å². The molecule has 3 nitrogen and oxygen atoms in total. The number of aromatic amines is 1. The van der Waals surface area contributed by atoms with Gasteiger partial charge in [0.2, 0.25) is 0 Å². The Morgan fingerprint density at radius 2 is 2.06 bits per heavy atom. The number of nitrogens with zero attached hydrogens (tertiary/aromatic N) is 1. The molecule has 0 spiro atoms. The third-order valence-electron chi connectivity index (χ3n) is 2.82. The highest BCUT2D eigenvalue weighted by molar-refractivity contribution is 7.15. The summed E-state index contributed by atoms with van der Waals surface area (Å²) in [4.78, 5) is 2.57. The molecule has 0 amide bonds. The summed E-state index contributed by atoms with van der Waals surface area (Å²) in [5, 5.41) is 7.16. The van der Waals surface area contributed by atoms with Crippen LogP contribution in [0.2, 0.25) is 0 Å². The molecule has 0 aromatic carbocycles. The van der Waals surface area contributed by atoms with Crippen LogP contribution in [0.3, 0.4) is 0 Å². The van der Waals surface area contributed by atoms with Crippen molar-refractivity contribution in [2.24, 2.45) is 0 Å². The number of aromatic nitrogens is 2. The van der Waals surface area contributed by atoms with Crippen molar-refractivity contribution in [2.45, 2.75) is 33.6 Å². The first-order valence-corrected chi connectivity index (χ1v) is 6.23. The van der Waals surface area contributed by atoms with Crippen molar-refractivity contribution in [1.29, 1.82) is 0 Å². The fourth-order valence-electron chi connectivity index (χ4n) is 1.83. The van der Waals surface area contributed by atoms with E-state index in [0.717, 1.165) is 11.3 Å². The zero-order valence-corrected chi connectivity index (χ0v) is 10.9. The van der Waals surface area contributed by atoms with Gasteiger partial charge in [0.1, 0.15) is 5.82 Å². The zero-order valence-electron chi connectivity index (χ0n) is 10.1. The van der Waals surface area contributed by atoms with Gasteiger partial charge in [0.25, 0.3) is 0 Å². The van der Waals surface area contributed by atoms with Crippen molar-refractivity contribution in [2.75, 3.05) is 5.73 Å². The fraction of sp³-hybridized carbons (Fsp3) is 0.417. The van der Waals surface area contributed by atoms with E-state index in [4.69, 9.17) is 5.73 Å². The van der Waals surface area contributed by atoms with Crippen LogP contribution < -0.4 is 5.73 Å². The lowest BCUT2D eigenvalue weighted by atomic mass is 10.0. The molecule has 0 aliphatic carbocycles. The summed E-state index contributed by atoms with van der Waals surface area (Å²) in [6.45, 7) is 8.54. The maximum Gasteiger partial charge on any atom is 0.149 e. The van der Waals surface area contributed by atoms with Crippen LogP contribution in [0.1, 0.15) is 35.8 Å². The summed E-state index contributed by atoms with van der Waals surface area (Å²) in [7, 11) is 0. The Kier molecular flexibility index (Phi) is 2.76. The molecule has 2 aromatic heterocycles. The molecule has 86 valence electrons. The molecule has 0 atom stereocenters. The third-order valence-corrected chi connectivity index (χ3v) is 3.99. The molecule has 0 fully saturated rings. The number of nitrogens with two attached hydrogens (primary N) is 1. The number of aryl methyl sites for hydroxylation is 2. The van der Waals surface area contributed by atoms with Gasteiger partial charge in [-0.2, -0.15) is 5.10 Å². The number of rotatable bonds is 2. The van der Waals surface area contributed by atoms with E-state index in [2.05, 4.69) is 44.0 Å². The molecule has 2 rings (SSSR count). The SMILES string of the molecule is Cc1cc(-c2[nH]nc(N)c2C(C)C)sc1C. The summed E-state index contributed by atoms with van der Waals surface area (Å²) >= 11 is 1.79. The van der Waals surface area contributed by atoms with Crippen molar-refractivity contribution in [1.82, 2.24) is 10.2 Å². The van der Waals surface area contributed by atoms with Crippen LogP contribution in [-0.4, -0.2) is 10.2 Å². The van der Waals surface area contributed by atoms with Gasteiger partial charge >= 0.3 is 0 Å². The second-order valence-corrected chi connectivity index (χ2v) is 5.66. The minimum absolute atomic E-state index is 0.386. The van der Waals surface area contributed by atoms with E-state index >= 15 is 0 Å². The van der Waals surface area contributed by atoms with E-state index in [0.29, 0.717) is 11.7 Å². The van der Waals surface area contributed by atoms with Crippen molar-refractivity contribution in [3.8, 4) is 10.6 Å². The fourth-order valence-corrected chi connectivity index (χ4v) is 2.88. The molecule has 4 heteroatoms. The summed E-state index contributed by atoms with van der Waals surface area (Å²) in [5.41, 5.74) is 9.41. The van der Waals surface area contributed by atoms with E-state index in [1.165, 1.54) is 15.3 Å². The first-order valence-electron chi connectivity index (χ1n) is 5.41. The lowest BCUT2D eigenvalue weighted by molar-refractivity contribution is 0.873. The maximum atomic E-state index is 5.89. The first-order chi connectivity index (χ1) is 7.50. The highest BCUT2D eigenvalue weighted by atomic mass is 32.1. The topological polar surface area (TPSA) is 54.7 Å². The molecule has 0 aliphatic rings. The molecule has 0 saturated carbocycles. The first kappa shape index (κ1) is 11.2. The highest BCUT2D eigenvalue weighted by Gasteiger charge is 2.17. The van der Waals surface area contributed by atoms with Crippen LogP contribution in [0.4, 0.5) is 5.82 Å². The molecule has 0 aliphatic heterocycles. The smallest absolute Gasteiger partial charge is 0.149 e. The molecule has 2 aromatic rings. The van der Waals surface area contributed by atoms with Gasteiger partial charge in [-0.05, 0) is 31.4 Å². The molecule has 0 radical (unpaired) electrons. The van der Waals surface area contributed by atoms with Crippen LogP contribution >= 0.6 is 11.3 Å². The van der Waals surface area contributed by atoms with E-state index in [9.17, 15) is 0 Å². The maximum absolute atomic E-state index is 5.89. The zero-order chi connectivity index (χ0) is 11.9. The number of hydrogen-bond acceptors (Lipinski definition) is 3. The van der Waals surface area contributed by atoms with E-state index in [-0.39, 0.29) is 0 Å². The number of hydrogen-bond donors (Lipinski definition) is 2. The predicted octanol–water partition coefficient (Wildman–Crippen LogP) is 3.46. The Labute approximate surface area is 99.7 Å². The van der Waals surface area contributed by atoms with Gasteiger partial charge in [-0.15, -0.1) is 11.3 Å². The van der Waals surface area contributed by atoms with Crippen LogP contribution in [0.25, 0.3) is 10.6 Å². The Balaban J connectivity index is 2.56. The largest absolute Gasteiger partial charge is 0.382 e. The van der Waals surface area contributed by atoms with Crippen molar-refractivity contribution in [3.63, 3.8) is 0 Å². The molecule has 0 unspecified atom stereocenters. The van der Waals surface area contributed by atoms with Gasteiger partial charge < -0.3 is 5.73 Å². The molecule has 16 heavy (non-hydrogen) atoms. The van der Waals surface area contributed by atoms with Crippen molar-refractivity contribution < 1.29 is 0 Å². The van der Waals surface area contributed by atoms with Gasteiger partial charge in [0.15, 0.2) is 0 Å². The molecular weight excluding hydrogens is 218 g/mol. The lowest BCUT2D eigenvalue weighted by Crippen LogP contribution is -1.94. The van der Waals surface area contributed by atoms with Crippen molar-refractivity contribution >= 4 is 17.2 Å². The molecule has 2 heterocycles. The lowest BCUT2D eigenvalue weighted by Gasteiger charge is -2.05. The normalized spacial score (nSPS) is 11.3. The van der Waals surface area contributed by atoms with Gasteiger partial charge in [-0.1, -0.05) is 13.8 Å².